The van der Waals surface area contributed by atoms with Crippen molar-refractivity contribution in [2.75, 3.05) is 57.7 Å². The Labute approximate surface area is 161 Å². The van der Waals surface area contributed by atoms with E-state index < -0.39 is 0 Å². The first-order valence-corrected chi connectivity index (χ1v) is 9.88. The van der Waals surface area contributed by atoms with Crippen LogP contribution in [0.15, 0.2) is 24.3 Å². The first-order valence-electron chi connectivity index (χ1n) is 9.88. The van der Waals surface area contributed by atoms with Crippen molar-refractivity contribution in [3.63, 3.8) is 0 Å². The van der Waals surface area contributed by atoms with E-state index in [1.807, 2.05) is 0 Å². The minimum atomic E-state index is -0.114. The quantitative estimate of drug-likeness (QED) is 0.750. The van der Waals surface area contributed by atoms with Crippen LogP contribution < -0.4 is 10.6 Å². The molecule has 0 spiro atoms. The topological polar surface area (TPSA) is 73.9 Å². The Kier molecular flexibility index (Phi) is 7.20. The van der Waals surface area contributed by atoms with Crippen LogP contribution in [0.3, 0.4) is 0 Å². The molecule has 1 atom stereocenters. The van der Waals surface area contributed by atoms with E-state index in [-0.39, 0.29) is 17.9 Å². The Morgan fingerprint density at radius 1 is 1.11 bits per heavy atom. The molecule has 2 N–H and O–H groups in total. The fourth-order valence-corrected chi connectivity index (χ4v) is 3.49. The summed E-state index contributed by atoms with van der Waals surface area (Å²) in [7, 11) is 0. The Bertz CT molecular complexity index is 621. The number of anilines is 1. The zero-order chi connectivity index (χ0) is 19.1. The van der Waals surface area contributed by atoms with Gasteiger partial charge in [0.25, 0.3) is 5.91 Å². The van der Waals surface area contributed by atoms with Crippen molar-refractivity contribution in [3.8, 4) is 0 Å². The first-order chi connectivity index (χ1) is 13.1. The number of carbonyl (C=O) groups excluding carboxylic acids is 2. The predicted octanol–water partition coefficient (Wildman–Crippen LogP) is 1.17. The molecule has 148 valence electrons. The maximum atomic E-state index is 12.2. The number of amides is 2. The molecule has 0 aliphatic carbocycles. The summed E-state index contributed by atoms with van der Waals surface area (Å²) >= 11 is 0. The van der Waals surface area contributed by atoms with Crippen molar-refractivity contribution in [1.29, 1.82) is 0 Å². The molecule has 0 aromatic heterocycles. The summed E-state index contributed by atoms with van der Waals surface area (Å²) < 4.78 is 5.51. The summed E-state index contributed by atoms with van der Waals surface area (Å²) in [6.45, 7) is 8.82. The van der Waals surface area contributed by atoms with Crippen LogP contribution in [0.5, 0.6) is 0 Å². The van der Waals surface area contributed by atoms with Crippen LogP contribution in [0.25, 0.3) is 0 Å². The van der Waals surface area contributed by atoms with Gasteiger partial charge in [-0.3, -0.25) is 14.5 Å². The van der Waals surface area contributed by atoms with Gasteiger partial charge in [-0.1, -0.05) is 6.92 Å². The highest BCUT2D eigenvalue weighted by molar-refractivity contribution is 5.96. The van der Waals surface area contributed by atoms with Gasteiger partial charge in [-0.05, 0) is 43.7 Å². The summed E-state index contributed by atoms with van der Waals surface area (Å²) in [6, 6.07) is 7.02. The monoisotopic (exact) mass is 374 g/mol. The summed E-state index contributed by atoms with van der Waals surface area (Å²) in [4.78, 5) is 29.0. The first kappa shape index (κ1) is 19.8. The number of nitrogens with zero attached hydrogens (tertiary/aromatic N) is 2. The van der Waals surface area contributed by atoms with Gasteiger partial charge in [0.2, 0.25) is 5.91 Å². The van der Waals surface area contributed by atoms with Crippen molar-refractivity contribution in [2.45, 2.75) is 25.9 Å². The predicted molar refractivity (Wildman–Crippen MR) is 105 cm³/mol. The lowest BCUT2D eigenvalue weighted by atomic mass is 10.2. The highest BCUT2D eigenvalue weighted by Crippen LogP contribution is 2.12. The van der Waals surface area contributed by atoms with Gasteiger partial charge in [-0.2, -0.15) is 0 Å². The number of likely N-dealkylation sites (N-methyl/N-ethyl adjacent to an activating group) is 1. The van der Waals surface area contributed by atoms with Crippen LogP contribution in [0, 0.1) is 0 Å². The Hall–Kier alpha value is -1.96. The van der Waals surface area contributed by atoms with Crippen molar-refractivity contribution < 1.29 is 14.3 Å². The average molecular weight is 374 g/mol. The molecule has 1 aromatic carbocycles. The number of piperazine rings is 1. The molecule has 2 amide bonds. The molecule has 2 aliphatic heterocycles. The second-order valence-electron chi connectivity index (χ2n) is 7.18. The number of benzene rings is 1. The van der Waals surface area contributed by atoms with Crippen LogP contribution in [-0.2, 0) is 9.53 Å². The number of rotatable bonds is 7. The Balaban J connectivity index is 1.41. The molecule has 2 aliphatic rings. The number of carbonyl (C=O) groups is 2. The van der Waals surface area contributed by atoms with E-state index in [0.717, 1.165) is 52.2 Å². The van der Waals surface area contributed by atoms with Gasteiger partial charge in [0.1, 0.15) is 0 Å². The van der Waals surface area contributed by atoms with E-state index in [4.69, 9.17) is 4.74 Å². The zero-order valence-electron chi connectivity index (χ0n) is 16.1. The molecule has 0 radical (unpaired) electrons. The van der Waals surface area contributed by atoms with Gasteiger partial charge in [0.15, 0.2) is 0 Å². The number of nitrogens with one attached hydrogen (secondary N) is 2. The molecule has 7 nitrogen and oxygen atoms in total. The van der Waals surface area contributed by atoms with Gasteiger partial charge in [0, 0.05) is 50.6 Å². The van der Waals surface area contributed by atoms with Crippen LogP contribution in [-0.4, -0.2) is 80.1 Å². The van der Waals surface area contributed by atoms with Crippen LogP contribution in [0.2, 0.25) is 0 Å². The normalized spacial score (nSPS) is 21.1. The molecule has 2 fully saturated rings. The molecule has 2 saturated heterocycles. The number of hydrogen-bond acceptors (Lipinski definition) is 5. The second kappa shape index (κ2) is 9.82. The lowest BCUT2D eigenvalue weighted by Gasteiger charge is -2.33. The minimum absolute atomic E-state index is 0.0180. The van der Waals surface area contributed by atoms with Crippen molar-refractivity contribution in [3.05, 3.63) is 29.8 Å². The van der Waals surface area contributed by atoms with Crippen molar-refractivity contribution in [1.82, 2.24) is 15.1 Å². The maximum Gasteiger partial charge on any atom is 0.251 e. The Morgan fingerprint density at radius 3 is 2.44 bits per heavy atom. The van der Waals surface area contributed by atoms with Gasteiger partial charge in [-0.15, -0.1) is 0 Å². The molecule has 1 aromatic rings. The van der Waals surface area contributed by atoms with E-state index in [2.05, 4.69) is 27.4 Å². The van der Waals surface area contributed by atoms with Gasteiger partial charge < -0.3 is 20.3 Å². The molecule has 0 unspecified atom stereocenters. The molecule has 2 heterocycles. The highest BCUT2D eigenvalue weighted by Gasteiger charge is 2.18. The van der Waals surface area contributed by atoms with Gasteiger partial charge in [-0.25, -0.2) is 0 Å². The highest BCUT2D eigenvalue weighted by atomic mass is 16.5. The number of ether oxygens (including phenoxy) is 1. The minimum Gasteiger partial charge on any atom is -0.376 e. The number of hydrogen-bond donors (Lipinski definition) is 2. The van der Waals surface area contributed by atoms with E-state index in [0.29, 0.717) is 24.3 Å². The summed E-state index contributed by atoms with van der Waals surface area (Å²) in [5, 5.41) is 5.81. The zero-order valence-corrected chi connectivity index (χ0v) is 16.1. The van der Waals surface area contributed by atoms with E-state index >= 15 is 0 Å². The molecule has 3 rings (SSSR count). The maximum absolute atomic E-state index is 12.2. The largest absolute Gasteiger partial charge is 0.376 e. The summed E-state index contributed by atoms with van der Waals surface area (Å²) in [5.41, 5.74) is 1.30. The average Bonchev–Trinajstić information content (AvgIpc) is 3.21. The molecule has 27 heavy (non-hydrogen) atoms. The Morgan fingerprint density at radius 2 is 1.81 bits per heavy atom. The fraction of sp³-hybridized carbons (Fsp3) is 0.600. The second-order valence-corrected chi connectivity index (χ2v) is 7.18. The fourth-order valence-electron chi connectivity index (χ4n) is 3.49. The third kappa shape index (κ3) is 6.02. The smallest absolute Gasteiger partial charge is 0.251 e. The lowest BCUT2D eigenvalue weighted by molar-refractivity contribution is -0.117. The van der Waals surface area contributed by atoms with E-state index in [1.54, 1.807) is 24.3 Å². The standard InChI is InChI=1S/C20H30N4O3/c1-2-23-9-11-24(12-10-23)15-19(25)22-17-7-5-16(6-8-17)20(26)21-14-18-4-3-13-27-18/h5-8,18H,2-4,9-15H2,1H3,(H,21,26)(H,22,25)/t18-/m0/s1. The summed E-state index contributed by atoms with van der Waals surface area (Å²) in [5.74, 6) is -0.132. The van der Waals surface area contributed by atoms with Crippen molar-refractivity contribution >= 4 is 17.5 Å². The summed E-state index contributed by atoms with van der Waals surface area (Å²) in [6.07, 6.45) is 2.19. The molecular formula is C20H30N4O3. The lowest BCUT2D eigenvalue weighted by Crippen LogP contribution is -2.48. The van der Waals surface area contributed by atoms with Crippen LogP contribution >= 0.6 is 0 Å². The molecule has 7 heteroatoms. The third-order valence-corrected chi connectivity index (χ3v) is 5.22. The molecule has 0 bridgehead atoms. The SMILES string of the molecule is CCN1CCN(CC(=O)Nc2ccc(C(=O)NC[C@@H]3CCCO3)cc2)CC1. The van der Waals surface area contributed by atoms with E-state index in [1.165, 1.54) is 0 Å². The van der Waals surface area contributed by atoms with Gasteiger partial charge >= 0.3 is 0 Å². The van der Waals surface area contributed by atoms with Crippen LogP contribution in [0.4, 0.5) is 5.69 Å². The van der Waals surface area contributed by atoms with Gasteiger partial charge in [0.05, 0.1) is 12.6 Å². The van der Waals surface area contributed by atoms with Crippen LogP contribution in [0.1, 0.15) is 30.1 Å². The molecular weight excluding hydrogens is 344 g/mol. The third-order valence-electron chi connectivity index (χ3n) is 5.22. The van der Waals surface area contributed by atoms with Crippen molar-refractivity contribution in [2.24, 2.45) is 0 Å². The molecule has 0 saturated carbocycles. The van der Waals surface area contributed by atoms with E-state index in [9.17, 15) is 9.59 Å².